The second kappa shape index (κ2) is 7.27. The highest BCUT2D eigenvalue weighted by Crippen LogP contribution is 2.37. The van der Waals surface area contributed by atoms with Crippen LogP contribution in [-0.4, -0.2) is 11.1 Å². The van der Waals surface area contributed by atoms with Gasteiger partial charge in [0, 0.05) is 21.7 Å². The predicted octanol–water partition coefficient (Wildman–Crippen LogP) is 6.49. The van der Waals surface area contributed by atoms with E-state index in [0.717, 1.165) is 22.2 Å². The first kappa shape index (κ1) is 17.9. The molecule has 0 spiro atoms. The van der Waals surface area contributed by atoms with Crippen molar-refractivity contribution in [1.82, 2.24) is 0 Å². The zero-order chi connectivity index (χ0) is 19.0. The van der Waals surface area contributed by atoms with E-state index in [1.54, 1.807) is 54.6 Å². The fourth-order valence-corrected chi connectivity index (χ4v) is 3.77. The van der Waals surface area contributed by atoms with Crippen LogP contribution in [0.3, 0.4) is 0 Å². The van der Waals surface area contributed by atoms with Gasteiger partial charge in [0.1, 0.15) is 11.5 Å². The number of rotatable bonds is 3. The molecule has 27 heavy (non-hydrogen) atoms. The van der Waals surface area contributed by atoms with Gasteiger partial charge in [0.05, 0.1) is 10.6 Å². The van der Waals surface area contributed by atoms with Crippen LogP contribution in [0.2, 0.25) is 10.0 Å². The molecule has 1 saturated heterocycles. The van der Waals surface area contributed by atoms with Gasteiger partial charge in [-0.3, -0.25) is 9.59 Å². The van der Waals surface area contributed by atoms with Crippen LogP contribution in [0.1, 0.15) is 5.76 Å². The molecule has 1 fully saturated rings. The number of furan rings is 1. The molecule has 2 amide bonds. The molecule has 0 atom stereocenters. The highest BCUT2D eigenvalue weighted by Gasteiger charge is 2.36. The molecule has 0 N–H and O–H groups in total. The predicted molar refractivity (Wildman–Crippen MR) is 109 cm³/mol. The molecular weight excluding hydrogens is 405 g/mol. The van der Waals surface area contributed by atoms with E-state index >= 15 is 0 Å². The Morgan fingerprint density at radius 1 is 0.926 bits per heavy atom. The fraction of sp³-hybridized carbons (Fsp3) is 0. The van der Waals surface area contributed by atoms with Crippen molar-refractivity contribution >= 4 is 57.9 Å². The third-order valence-electron chi connectivity index (χ3n) is 3.89. The van der Waals surface area contributed by atoms with E-state index in [1.165, 1.54) is 0 Å². The molecule has 0 aliphatic carbocycles. The Bertz CT molecular complexity index is 1070. The van der Waals surface area contributed by atoms with E-state index in [0.29, 0.717) is 27.3 Å². The third-order valence-corrected chi connectivity index (χ3v) is 5.25. The number of anilines is 1. The molecule has 2 heterocycles. The lowest BCUT2D eigenvalue weighted by Gasteiger charge is -2.12. The maximum atomic E-state index is 12.7. The Morgan fingerprint density at radius 2 is 1.70 bits per heavy atom. The number of imide groups is 1. The fourth-order valence-electron chi connectivity index (χ4n) is 2.63. The number of carbonyl (C=O) groups is 2. The summed E-state index contributed by atoms with van der Waals surface area (Å²) in [6.45, 7) is 0. The minimum absolute atomic E-state index is 0.289. The van der Waals surface area contributed by atoms with Crippen molar-refractivity contribution in [2.75, 3.05) is 4.90 Å². The average molecular weight is 416 g/mol. The molecule has 7 heteroatoms. The number of benzene rings is 2. The second-order valence-corrected chi connectivity index (χ2v) is 7.57. The summed E-state index contributed by atoms with van der Waals surface area (Å²) in [6.07, 6.45) is 1.56. The van der Waals surface area contributed by atoms with E-state index < -0.39 is 5.91 Å². The van der Waals surface area contributed by atoms with Crippen LogP contribution < -0.4 is 4.90 Å². The van der Waals surface area contributed by atoms with Gasteiger partial charge in [-0.2, -0.15) is 0 Å². The zero-order valence-electron chi connectivity index (χ0n) is 13.7. The van der Waals surface area contributed by atoms with Gasteiger partial charge < -0.3 is 4.42 Å². The topological polar surface area (TPSA) is 50.5 Å². The number of carbonyl (C=O) groups excluding carboxylic acids is 2. The quantitative estimate of drug-likeness (QED) is 0.458. The Hall–Kier alpha value is -2.47. The molecule has 4 nitrogen and oxygen atoms in total. The van der Waals surface area contributed by atoms with Gasteiger partial charge in [-0.1, -0.05) is 29.3 Å². The second-order valence-electron chi connectivity index (χ2n) is 5.71. The van der Waals surface area contributed by atoms with Crippen LogP contribution in [0.25, 0.3) is 17.4 Å². The Morgan fingerprint density at radius 3 is 2.44 bits per heavy atom. The SMILES string of the molecule is O=C1S/C(=C\c2ccc(-c3ccc(Cl)cc3)o2)C(=O)N1c1cccc(Cl)c1. The van der Waals surface area contributed by atoms with Crippen molar-refractivity contribution in [1.29, 1.82) is 0 Å². The summed E-state index contributed by atoms with van der Waals surface area (Å²) < 4.78 is 5.78. The summed E-state index contributed by atoms with van der Waals surface area (Å²) in [5.41, 5.74) is 1.31. The molecule has 1 aliphatic heterocycles. The molecule has 2 aromatic carbocycles. The number of hydrogen-bond acceptors (Lipinski definition) is 4. The highest BCUT2D eigenvalue weighted by atomic mass is 35.5. The minimum atomic E-state index is -0.406. The van der Waals surface area contributed by atoms with Crippen molar-refractivity contribution in [2.24, 2.45) is 0 Å². The van der Waals surface area contributed by atoms with Gasteiger partial charge in [-0.05, 0) is 66.4 Å². The Labute approximate surface area is 169 Å². The smallest absolute Gasteiger partial charge is 0.298 e. The monoisotopic (exact) mass is 415 g/mol. The lowest BCUT2D eigenvalue weighted by atomic mass is 10.2. The maximum absolute atomic E-state index is 12.7. The van der Waals surface area contributed by atoms with Crippen molar-refractivity contribution in [2.45, 2.75) is 0 Å². The summed E-state index contributed by atoms with van der Waals surface area (Å²) in [5.74, 6) is 0.722. The van der Waals surface area contributed by atoms with Gasteiger partial charge in [0.2, 0.25) is 0 Å². The molecule has 134 valence electrons. The molecule has 0 saturated carbocycles. The Kier molecular flexibility index (Phi) is 4.83. The molecule has 1 aromatic heterocycles. The number of nitrogens with zero attached hydrogens (tertiary/aromatic N) is 1. The molecule has 1 aliphatic rings. The first-order chi connectivity index (χ1) is 13.0. The van der Waals surface area contributed by atoms with Gasteiger partial charge in [0.15, 0.2) is 0 Å². The van der Waals surface area contributed by atoms with Gasteiger partial charge in [-0.25, -0.2) is 4.90 Å². The first-order valence-corrected chi connectivity index (χ1v) is 9.48. The largest absolute Gasteiger partial charge is 0.457 e. The molecular formula is C20H11Cl2NO3S. The Balaban J connectivity index is 1.61. The molecule has 0 radical (unpaired) electrons. The zero-order valence-corrected chi connectivity index (χ0v) is 16.0. The maximum Gasteiger partial charge on any atom is 0.298 e. The van der Waals surface area contributed by atoms with E-state index in [1.807, 2.05) is 12.1 Å². The summed E-state index contributed by atoms with van der Waals surface area (Å²) in [7, 11) is 0. The number of thioether (sulfide) groups is 1. The van der Waals surface area contributed by atoms with Crippen LogP contribution in [-0.2, 0) is 4.79 Å². The van der Waals surface area contributed by atoms with Crippen LogP contribution in [0.15, 0.2) is 70.0 Å². The van der Waals surface area contributed by atoms with Crippen LogP contribution in [0.5, 0.6) is 0 Å². The third kappa shape index (κ3) is 3.67. The highest BCUT2D eigenvalue weighted by molar-refractivity contribution is 8.19. The first-order valence-electron chi connectivity index (χ1n) is 7.90. The van der Waals surface area contributed by atoms with E-state index in [9.17, 15) is 9.59 Å². The standard InChI is InChI=1S/C20H11Cl2NO3S/c21-13-6-4-12(5-7-13)17-9-8-16(26-17)11-18-19(24)23(20(25)27-18)15-3-1-2-14(22)10-15/h1-11H/b18-11-. The van der Waals surface area contributed by atoms with Crippen LogP contribution in [0, 0.1) is 0 Å². The minimum Gasteiger partial charge on any atom is -0.457 e. The number of hydrogen-bond donors (Lipinski definition) is 0. The van der Waals surface area contributed by atoms with Crippen molar-refractivity contribution in [3.8, 4) is 11.3 Å². The summed E-state index contributed by atoms with van der Waals surface area (Å²) in [4.78, 5) is 26.4. The molecule has 0 bridgehead atoms. The van der Waals surface area contributed by atoms with E-state index in [2.05, 4.69) is 0 Å². The lowest BCUT2D eigenvalue weighted by molar-refractivity contribution is -0.113. The number of amides is 2. The van der Waals surface area contributed by atoms with E-state index in [-0.39, 0.29) is 10.1 Å². The summed E-state index contributed by atoms with van der Waals surface area (Å²) in [5, 5.41) is 0.715. The normalized spacial score (nSPS) is 15.8. The number of halogens is 2. The molecule has 4 rings (SSSR count). The van der Waals surface area contributed by atoms with Crippen molar-refractivity contribution < 1.29 is 14.0 Å². The lowest BCUT2D eigenvalue weighted by Crippen LogP contribution is -2.27. The van der Waals surface area contributed by atoms with Gasteiger partial charge in [0.25, 0.3) is 11.1 Å². The average Bonchev–Trinajstić information content (AvgIpc) is 3.21. The van der Waals surface area contributed by atoms with Crippen LogP contribution >= 0.6 is 35.0 Å². The van der Waals surface area contributed by atoms with Gasteiger partial charge in [-0.15, -0.1) is 0 Å². The molecule has 0 unspecified atom stereocenters. The molecule has 3 aromatic rings. The van der Waals surface area contributed by atoms with E-state index in [4.69, 9.17) is 27.6 Å². The van der Waals surface area contributed by atoms with Crippen molar-refractivity contribution in [3.63, 3.8) is 0 Å². The summed E-state index contributed by atoms with van der Waals surface area (Å²) in [6, 6.07) is 17.4. The van der Waals surface area contributed by atoms with Gasteiger partial charge >= 0.3 is 0 Å². The van der Waals surface area contributed by atoms with Crippen LogP contribution in [0.4, 0.5) is 10.5 Å². The summed E-state index contributed by atoms with van der Waals surface area (Å²) >= 11 is 12.7. The van der Waals surface area contributed by atoms with Crippen molar-refractivity contribution in [3.05, 3.63) is 81.4 Å².